The normalized spacial score (nSPS) is 16.4. The van der Waals surface area contributed by atoms with Gasteiger partial charge >= 0.3 is 5.97 Å². The largest absolute Gasteiger partial charge is 0.508 e. The van der Waals surface area contributed by atoms with Gasteiger partial charge in [0, 0.05) is 11.6 Å². The molecule has 1 fully saturated rings. The molecule has 222 valence electrons. The van der Waals surface area contributed by atoms with Gasteiger partial charge in [-0.25, -0.2) is 9.48 Å². The third-order valence-electron chi connectivity index (χ3n) is 7.53. The lowest BCUT2D eigenvalue weighted by Crippen LogP contribution is -2.47. The Labute approximate surface area is 250 Å². The van der Waals surface area contributed by atoms with E-state index in [1.54, 1.807) is 12.1 Å². The Balaban J connectivity index is 1.26. The number of carboxylic acids is 1. The number of aliphatic hydroxyl groups excluding tert-OH is 1. The molecule has 0 saturated heterocycles. The fourth-order valence-corrected chi connectivity index (χ4v) is 5.28. The van der Waals surface area contributed by atoms with Crippen molar-refractivity contribution in [2.75, 3.05) is 0 Å². The van der Waals surface area contributed by atoms with Gasteiger partial charge < -0.3 is 25.0 Å². The number of ether oxygens (including phenoxy) is 2. The SMILES string of the molecule is C=C(O)c1ccc(-c2ccccc2COc2cc(C(=O)O)nn2CC(=O)N[C@H]2CCCC[C@@H]2OCc2ccccc2)cc1. The summed E-state index contributed by atoms with van der Waals surface area (Å²) in [5.74, 6) is -1.34. The summed E-state index contributed by atoms with van der Waals surface area (Å²) in [7, 11) is 0. The third kappa shape index (κ3) is 7.69. The van der Waals surface area contributed by atoms with Gasteiger partial charge in [0.1, 0.15) is 18.9 Å². The van der Waals surface area contributed by atoms with Crippen molar-refractivity contribution < 1.29 is 29.3 Å². The molecule has 0 unspecified atom stereocenters. The Bertz CT molecular complexity index is 1560. The second-order valence-corrected chi connectivity index (χ2v) is 10.6. The van der Waals surface area contributed by atoms with Gasteiger partial charge in [-0.2, -0.15) is 5.10 Å². The highest BCUT2D eigenvalue weighted by Crippen LogP contribution is 2.27. The van der Waals surface area contributed by atoms with Crippen LogP contribution in [0.2, 0.25) is 0 Å². The molecule has 5 rings (SSSR count). The zero-order valence-corrected chi connectivity index (χ0v) is 23.8. The quantitative estimate of drug-likeness (QED) is 0.175. The van der Waals surface area contributed by atoms with Crippen LogP contribution < -0.4 is 10.1 Å². The molecule has 1 aromatic heterocycles. The predicted octanol–water partition coefficient (Wildman–Crippen LogP) is 6.00. The van der Waals surface area contributed by atoms with Crippen LogP contribution in [0.3, 0.4) is 0 Å². The maximum Gasteiger partial charge on any atom is 0.356 e. The summed E-state index contributed by atoms with van der Waals surface area (Å²) in [5, 5.41) is 26.4. The van der Waals surface area contributed by atoms with E-state index < -0.39 is 5.97 Å². The maximum absolute atomic E-state index is 13.2. The highest BCUT2D eigenvalue weighted by atomic mass is 16.5. The van der Waals surface area contributed by atoms with Gasteiger partial charge in [0.2, 0.25) is 11.8 Å². The third-order valence-corrected chi connectivity index (χ3v) is 7.53. The maximum atomic E-state index is 13.2. The summed E-state index contributed by atoms with van der Waals surface area (Å²) in [6, 6.07) is 26.1. The fourth-order valence-electron chi connectivity index (χ4n) is 5.28. The van der Waals surface area contributed by atoms with Crippen LogP contribution in [0.25, 0.3) is 16.9 Å². The smallest absolute Gasteiger partial charge is 0.356 e. The highest BCUT2D eigenvalue weighted by Gasteiger charge is 2.28. The number of aliphatic hydroxyl groups is 1. The molecule has 1 amide bonds. The Morgan fingerprint density at radius 1 is 0.930 bits per heavy atom. The van der Waals surface area contributed by atoms with Crippen molar-refractivity contribution in [3.05, 3.63) is 114 Å². The Morgan fingerprint density at radius 3 is 2.40 bits per heavy atom. The van der Waals surface area contributed by atoms with Crippen molar-refractivity contribution in [3.8, 4) is 17.0 Å². The summed E-state index contributed by atoms with van der Waals surface area (Å²) in [6.07, 6.45) is 3.58. The lowest BCUT2D eigenvalue weighted by atomic mass is 9.92. The molecule has 1 aliphatic carbocycles. The molecule has 9 heteroatoms. The zero-order chi connectivity index (χ0) is 30.2. The average Bonchev–Trinajstić information content (AvgIpc) is 3.43. The van der Waals surface area contributed by atoms with Crippen LogP contribution in [-0.2, 0) is 29.3 Å². The first-order valence-corrected chi connectivity index (χ1v) is 14.3. The monoisotopic (exact) mass is 581 g/mol. The van der Waals surface area contributed by atoms with Gasteiger partial charge in [-0.05, 0) is 35.1 Å². The number of nitrogens with one attached hydrogen (secondary N) is 1. The molecule has 0 aliphatic heterocycles. The number of nitrogens with zero attached hydrogens (tertiary/aromatic N) is 2. The molecule has 4 aromatic rings. The molecular weight excluding hydrogens is 546 g/mol. The van der Waals surface area contributed by atoms with E-state index >= 15 is 0 Å². The van der Waals surface area contributed by atoms with E-state index in [0.717, 1.165) is 47.9 Å². The number of aromatic carboxylic acids is 1. The van der Waals surface area contributed by atoms with E-state index in [0.29, 0.717) is 12.2 Å². The number of benzene rings is 3. The number of carboxylic acid groups (broad SMARTS) is 1. The van der Waals surface area contributed by atoms with Gasteiger partial charge in [-0.1, -0.05) is 98.3 Å². The second kappa shape index (κ2) is 13.8. The number of aromatic nitrogens is 2. The van der Waals surface area contributed by atoms with E-state index in [-0.39, 0.29) is 48.5 Å². The minimum Gasteiger partial charge on any atom is -0.508 e. The summed E-state index contributed by atoms with van der Waals surface area (Å²) in [5.41, 5.74) is 4.18. The molecule has 1 saturated carbocycles. The average molecular weight is 582 g/mol. The molecule has 0 spiro atoms. The summed E-state index contributed by atoms with van der Waals surface area (Å²) in [4.78, 5) is 24.9. The summed E-state index contributed by atoms with van der Waals surface area (Å²) >= 11 is 0. The van der Waals surface area contributed by atoms with Crippen LogP contribution in [0.4, 0.5) is 0 Å². The summed E-state index contributed by atoms with van der Waals surface area (Å²) < 4.78 is 13.5. The molecule has 0 bridgehead atoms. The summed E-state index contributed by atoms with van der Waals surface area (Å²) in [6.45, 7) is 3.95. The van der Waals surface area contributed by atoms with Crippen molar-refractivity contribution in [1.29, 1.82) is 0 Å². The van der Waals surface area contributed by atoms with Crippen LogP contribution in [0.1, 0.15) is 52.9 Å². The zero-order valence-electron chi connectivity index (χ0n) is 23.8. The highest BCUT2D eigenvalue weighted by molar-refractivity contribution is 5.86. The molecule has 43 heavy (non-hydrogen) atoms. The lowest BCUT2D eigenvalue weighted by Gasteiger charge is -2.32. The standard InChI is InChI=1S/C34H35N3O6/c1-23(38)25-15-17-26(18-16-25)28-12-6-5-11-27(28)22-43-33-19-30(34(40)41)36-37(33)20-32(39)35-29-13-7-8-14-31(29)42-21-24-9-3-2-4-10-24/h2-6,9-12,15-19,29,31,38H,1,7-8,13-14,20-22H2,(H,35,39)(H,40,41)/t29-,31-/m0/s1. The van der Waals surface area contributed by atoms with E-state index in [1.807, 2.05) is 66.7 Å². The number of hydrogen-bond acceptors (Lipinski definition) is 6. The van der Waals surface area contributed by atoms with E-state index in [9.17, 15) is 19.8 Å². The number of carbonyl (C=O) groups is 2. The van der Waals surface area contributed by atoms with Gasteiger partial charge in [0.15, 0.2) is 5.69 Å². The second-order valence-electron chi connectivity index (χ2n) is 10.6. The number of rotatable bonds is 12. The molecule has 1 heterocycles. The predicted molar refractivity (Wildman–Crippen MR) is 162 cm³/mol. The lowest BCUT2D eigenvalue weighted by molar-refractivity contribution is -0.124. The van der Waals surface area contributed by atoms with Crippen molar-refractivity contribution in [2.24, 2.45) is 0 Å². The van der Waals surface area contributed by atoms with Crippen molar-refractivity contribution >= 4 is 17.6 Å². The van der Waals surface area contributed by atoms with Crippen LogP contribution >= 0.6 is 0 Å². The van der Waals surface area contributed by atoms with Crippen LogP contribution in [-0.4, -0.2) is 44.0 Å². The molecule has 2 atom stereocenters. The molecule has 1 aliphatic rings. The first kappa shape index (κ1) is 29.6. The van der Waals surface area contributed by atoms with Crippen molar-refractivity contribution in [1.82, 2.24) is 15.1 Å². The van der Waals surface area contributed by atoms with Crippen LogP contribution in [0.5, 0.6) is 5.88 Å². The van der Waals surface area contributed by atoms with Gasteiger partial charge in [-0.3, -0.25) is 4.79 Å². The van der Waals surface area contributed by atoms with Gasteiger partial charge in [-0.15, -0.1) is 0 Å². The Hall–Kier alpha value is -4.89. The van der Waals surface area contributed by atoms with E-state index in [4.69, 9.17) is 9.47 Å². The number of carbonyl (C=O) groups excluding carboxylic acids is 1. The molecule has 3 aromatic carbocycles. The minimum atomic E-state index is -1.21. The Morgan fingerprint density at radius 2 is 1.65 bits per heavy atom. The first-order chi connectivity index (χ1) is 20.9. The minimum absolute atomic E-state index is 0.00609. The van der Waals surface area contributed by atoms with Crippen LogP contribution in [0, 0.1) is 0 Å². The topological polar surface area (TPSA) is 123 Å². The molecule has 0 radical (unpaired) electrons. The van der Waals surface area contributed by atoms with E-state index in [2.05, 4.69) is 17.0 Å². The molecule has 3 N–H and O–H groups in total. The van der Waals surface area contributed by atoms with Gasteiger partial charge in [0.05, 0.1) is 18.8 Å². The number of hydrogen-bond donors (Lipinski definition) is 3. The van der Waals surface area contributed by atoms with Crippen molar-refractivity contribution in [2.45, 2.75) is 57.6 Å². The van der Waals surface area contributed by atoms with Crippen LogP contribution in [0.15, 0.2) is 91.5 Å². The van der Waals surface area contributed by atoms with E-state index in [1.165, 1.54) is 10.7 Å². The molecule has 9 nitrogen and oxygen atoms in total. The Kier molecular flexibility index (Phi) is 9.53. The molecular formula is C34H35N3O6. The number of amides is 1. The van der Waals surface area contributed by atoms with Gasteiger partial charge in [0.25, 0.3) is 0 Å². The fraction of sp³-hybridized carbons (Fsp3) is 0.265. The first-order valence-electron chi connectivity index (χ1n) is 14.3. The van der Waals surface area contributed by atoms with Crippen molar-refractivity contribution in [3.63, 3.8) is 0 Å².